The predicted molar refractivity (Wildman–Crippen MR) is 95.5 cm³/mol. The van der Waals surface area contributed by atoms with Crippen LogP contribution < -0.4 is 5.32 Å². The molecule has 0 aliphatic rings. The summed E-state index contributed by atoms with van der Waals surface area (Å²) in [6, 6.07) is 21.0. The third-order valence-corrected chi connectivity index (χ3v) is 3.94. The number of rotatable bonds is 5. The molecule has 0 aliphatic carbocycles. The Morgan fingerprint density at radius 1 is 0.840 bits per heavy atom. The van der Waals surface area contributed by atoms with Gasteiger partial charge in [-0.2, -0.15) is 4.52 Å². The first-order valence-corrected chi connectivity index (χ1v) is 8.05. The molecule has 124 valence electrons. The summed E-state index contributed by atoms with van der Waals surface area (Å²) < 4.78 is 1.75. The number of aromatic hydroxyl groups is 1. The molecule has 2 N–H and O–H groups in total. The minimum Gasteiger partial charge on any atom is -0.508 e. The van der Waals surface area contributed by atoms with Gasteiger partial charge in [-0.15, -0.1) is 15.3 Å². The van der Waals surface area contributed by atoms with Crippen LogP contribution >= 0.6 is 0 Å². The third-order valence-electron chi connectivity index (χ3n) is 3.94. The molecular weight excluding hydrogens is 314 g/mol. The van der Waals surface area contributed by atoms with Crippen LogP contribution in [0.4, 0.5) is 5.82 Å². The highest BCUT2D eigenvalue weighted by atomic mass is 16.3. The molecule has 0 saturated carbocycles. The van der Waals surface area contributed by atoms with E-state index in [1.807, 2.05) is 42.5 Å². The first kappa shape index (κ1) is 15.1. The van der Waals surface area contributed by atoms with E-state index >= 15 is 0 Å². The summed E-state index contributed by atoms with van der Waals surface area (Å²) in [6.45, 7) is 0.703. The van der Waals surface area contributed by atoms with Crippen LogP contribution in [-0.2, 0) is 13.0 Å². The highest BCUT2D eigenvalue weighted by Crippen LogP contribution is 2.14. The van der Waals surface area contributed by atoms with Crippen LogP contribution in [0.15, 0.2) is 66.7 Å². The first-order valence-electron chi connectivity index (χ1n) is 8.05. The van der Waals surface area contributed by atoms with Crippen molar-refractivity contribution in [2.24, 2.45) is 0 Å². The zero-order valence-electron chi connectivity index (χ0n) is 13.5. The van der Waals surface area contributed by atoms with Crippen LogP contribution in [-0.4, -0.2) is 24.9 Å². The fourth-order valence-electron chi connectivity index (χ4n) is 2.62. The van der Waals surface area contributed by atoms with Crippen LogP contribution in [0, 0.1) is 0 Å². The van der Waals surface area contributed by atoms with E-state index in [-0.39, 0.29) is 5.75 Å². The highest BCUT2D eigenvalue weighted by Gasteiger charge is 2.09. The maximum Gasteiger partial charge on any atom is 0.178 e. The van der Waals surface area contributed by atoms with Crippen LogP contribution in [0.3, 0.4) is 0 Å². The topological polar surface area (TPSA) is 75.3 Å². The summed E-state index contributed by atoms with van der Waals surface area (Å²) in [4.78, 5) is 0. The smallest absolute Gasteiger partial charge is 0.178 e. The Labute approximate surface area is 144 Å². The van der Waals surface area contributed by atoms with Gasteiger partial charge in [0.05, 0.1) is 0 Å². The van der Waals surface area contributed by atoms with Gasteiger partial charge >= 0.3 is 0 Å². The molecule has 25 heavy (non-hydrogen) atoms. The van der Waals surface area contributed by atoms with Crippen molar-refractivity contribution in [3.63, 3.8) is 0 Å². The molecule has 0 atom stereocenters. The maximum absolute atomic E-state index is 9.39. The molecule has 0 saturated heterocycles. The summed E-state index contributed by atoms with van der Waals surface area (Å²) in [5.74, 6) is 1.77. The molecule has 0 unspecified atom stereocenters. The number of nitrogens with zero attached hydrogens (tertiary/aromatic N) is 4. The zero-order valence-corrected chi connectivity index (χ0v) is 13.5. The molecule has 6 nitrogen and oxygen atoms in total. The van der Waals surface area contributed by atoms with Crippen LogP contribution in [0.5, 0.6) is 5.75 Å². The summed E-state index contributed by atoms with van der Waals surface area (Å²) in [7, 11) is 0. The highest BCUT2D eigenvalue weighted by molar-refractivity contribution is 5.44. The van der Waals surface area contributed by atoms with Gasteiger partial charge in [-0.25, -0.2) is 0 Å². The number of benzene rings is 2. The van der Waals surface area contributed by atoms with Crippen molar-refractivity contribution in [3.05, 3.63) is 83.7 Å². The molecule has 0 radical (unpaired) electrons. The van der Waals surface area contributed by atoms with Crippen LogP contribution in [0.25, 0.3) is 5.65 Å². The Hall–Kier alpha value is -3.41. The molecule has 6 heteroatoms. The van der Waals surface area contributed by atoms with E-state index in [4.69, 9.17) is 0 Å². The summed E-state index contributed by atoms with van der Waals surface area (Å²) >= 11 is 0. The molecule has 0 fully saturated rings. The maximum atomic E-state index is 9.39. The lowest BCUT2D eigenvalue weighted by Crippen LogP contribution is -2.06. The second kappa shape index (κ2) is 6.60. The minimum absolute atomic E-state index is 0.250. The molecular formula is C19H17N5O. The summed E-state index contributed by atoms with van der Waals surface area (Å²) in [6.07, 6.45) is 0.594. The van der Waals surface area contributed by atoms with Crippen LogP contribution in [0.1, 0.15) is 17.0 Å². The molecule has 4 rings (SSSR count). The number of hydrogen-bond donors (Lipinski definition) is 2. The van der Waals surface area contributed by atoms with Gasteiger partial charge in [0.2, 0.25) is 0 Å². The lowest BCUT2D eigenvalue weighted by molar-refractivity contribution is 0.475. The Morgan fingerprint density at radius 3 is 2.44 bits per heavy atom. The van der Waals surface area contributed by atoms with Crippen molar-refractivity contribution in [2.45, 2.75) is 13.0 Å². The molecule has 0 amide bonds. The van der Waals surface area contributed by atoms with Gasteiger partial charge in [-0.1, -0.05) is 42.5 Å². The summed E-state index contributed by atoms with van der Waals surface area (Å²) in [5, 5.41) is 25.7. The van der Waals surface area contributed by atoms with E-state index in [0.29, 0.717) is 18.6 Å². The van der Waals surface area contributed by atoms with Gasteiger partial charge in [0.1, 0.15) is 11.6 Å². The minimum atomic E-state index is 0.250. The third kappa shape index (κ3) is 3.42. The predicted octanol–water partition coefficient (Wildman–Crippen LogP) is 3.03. The number of nitrogens with one attached hydrogen (secondary N) is 1. The van der Waals surface area contributed by atoms with Gasteiger partial charge < -0.3 is 10.4 Å². The Balaban J connectivity index is 1.55. The Bertz CT molecular complexity index is 980. The second-order valence-corrected chi connectivity index (χ2v) is 5.79. The van der Waals surface area contributed by atoms with Gasteiger partial charge in [0, 0.05) is 13.0 Å². The molecule has 0 spiro atoms. The molecule has 4 aromatic rings. The standard InChI is InChI=1S/C19H17N5O/c25-16-8-6-14(7-9-16)12-19-22-21-18-11-10-17(23-24(18)19)20-13-15-4-2-1-3-5-15/h1-11,25H,12-13H2,(H,20,23). The van der Waals surface area contributed by atoms with Crippen molar-refractivity contribution in [1.82, 2.24) is 19.8 Å². The normalized spacial score (nSPS) is 10.9. The van der Waals surface area contributed by atoms with Crippen molar-refractivity contribution in [2.75, 3.05) is 5.32 Å². The van der Waals surface area contributed by atoms with E-state index < -0.39 is 0 Å². The quantitative estimate of drug-likeness (QED) is 0.588. The van der Waals surface area contributed by atoms with E-state index in [9.17, 15) is 5.11 Å². The zero-order chi connectivity index (χ0) is 17.1. The van der Waals surface area contributed by atoms with E-state index in [1.165, 1.54) is 5.56 Å². The molecule has 2 aromatic heterocycles. The molecule has 0 bridgehead atoms. The van der Waals surface area contributed by atoms with Crippen LogP contribution in [0.2, 0.25) is 0 Å². The van der Waals surface area contributed by atoms with E-state index in [0.717, 1.165) is 17.2 Å². The Morgan fingerprint density at radius 2 is 1.64 bits per heavy atom. The molecule has 2 heterocycles. The lowest BCUT2D eigenvalue weighted by Gasteiger charge is -2.06. The fraction of sp³-hybridized carbons (Fsp3) is 0.105. The number of phenols is 1. The number of aromatic nitrogens is 4. The van der Waals surface area contributed by atoms with Crippen molar-refractivity contribution in [3.8, 4) is 5.75 Å². The fourth-order valence-corrected chi connectivity index (χ4v) is 2.62. The van der Waals surface area contributed by atoms with Crippen molar-refractivity contribution < 1.29 is 5.11 Å². The van der Waals surface area contributed by atoms with Gasteiger partial charge in [0.25, 0.3) is 0 Å². The first-order chi connectivity index (χ1) is 12.3. The SMILES string of the molecule is Oc1ccc(Cc2nnc3ccc(NCc4ccccc4)nn23)cc1. The van der Waals surface area contributed by atoms with Crippen molar-refractivity contribution >= 4 is 11.5 Å². The molecule has 2 aromatic carbocycles. The van der Waals surface area contributed by atoms with E-state index in [1.54, 1.807) is 16.6 Å². The summed E-state index contributed by atoms with van der Waals surface area (Å²) in [5.41, 5.74) is 2.94. The average Bonchev–Trinajstić information content (AvgIpc) is 3.05. The lowest BCUT2D eigenvalue weighted by atomic mass is 10.1. The van der Waals surface area contributed by atoms with Gasteiger partial charge in [0.15, 0.2) is 11.5 Å². The monoisotopic (exact) mass is 331 g/mol. The second-order valence-electron chi connectivity index (χ2n) is 5.79. The number of fused-ring (bicyclic) bond motifs is 1. The van der Waals surface area contributed by atoms with Crippen molar-refractivity contribution in [1.29, 1.82) is 0 Å². The van der Waals surface area contributed by atoms with Gasteiger partial charge in [-0.3, -0.25) is 0 Å². The largest absolute Gasteiger partial charge is 0.508 e. The van der Waals surface area contributed by atoms with Gasteiger partial charge in [-0.05, 0) is 35.4 Å². The van der Waals surface area contributed by atoms with E-state index in [2.05, 4.69) is 32.7 Å². The number of anilines is 1. The average molecular weight is 331 g/mol. The number of hydrogen-bond acceptors (Lipinski definition) is 5. The number of phenolic OH excluding ortho intramolecular Hbond substituents is 1. The molecule has 0 aliphatic heterocycles. The Kier molecular flexibility index (Phi) is 4.00.